The molecule has 0 unspecified atom stereocenters. The monoisotopic (exact) mass is 413 g/mol. The summed E-state index contributed by atoms with van der Waals surface area (Å²) in [4.78, 5) is 36.4. The first-order valence-corrected chi connectivity index (χ1v) is 9.79. The number of ether oxygens (including phenoxy) is 2. The number of hydrogen-bond donors (Lipinski definition) is 2. The Kier molecular flexibility index (Phi) is 8.87. The molecule has 0 aliphatic rings. The minimum Gasteiger partial charge on any atom is -0.479 e. The number of carboxylic acids is 1. The van der Waals surface area contributed by atoms with Crippen LogP contribution in [0.25, 0.3) is 0 Å². The summed E-state index contributed by atoms with van der Waals surface area (Å²) in [5, 5.41) is 11.8. The van der Waals surface area contributed by atoms with E-state index in [9.17, 15) is 19.5 Å². The number of amides is 1. The molecule has 0 radical (unpaired) electrons. The Balaban J connectivity index is 2.06. The molecule has 2 aromatic carbocycles. The lowest BCUT2D eigenvalue weighted by molar-refractivity contribution is -0.166. The second-order valence-electron chi connectivity index (χ2n) is 7.34. The third kappa shape index (κ3) is 7.95. The Hall–Kier alpha value is -3.35. The summed E-state index contributed by atoms with van der Waals surface area (Å²) in [7, 11) is 0. The average molecular weight is 413 g/mol. The molecule has 7 nitrogen and oxygen atoms in total. The van der Waals surface area contributed by atoms with E-state index in [-0.39, 0.29) is 25.4 Å². The molecule has 0 saturated heterocycles. The van der Waals surface area contributed by atoms with Crippen molar-refractivity contribution >= 4 is 18.0 Å². The van der Waals surface area contributed by atoms with Crippen LogP contribution in [0, 0.1) is 5.92 Å². The van der Waals surface area contributed by atoms with Crippen molar-refractivity contribution < 1.29 is 29.0 Å². The van der Waals surface area contributed by atoms with Gasteiger partial charge in [-0.3, -0.25) is 0 Å². The van der Waals surface area contributed by atoms with E-state index < -0.39 is 30.2 Å². The maximum absolute atomic E-state index is 12.7. The number of esters is 1. The molecule has 0 bridgehead atoms. The zero-order valence-electron chi connectivity index (χ0n) is 17.1. The van der Waals surface area contributed by atoms with Gasteiger partial charge in [0.15, 0.2) is 6.10 Å². The highest BCUT2D eigenvalue weighted by Gasteiger charge is 2.29. The van der Waals surface area contributed by atoms with Crippen molar-refractivity contribution in [1.82, 2.24) is 5.32 Å². The van der Waals surface area contributed by atoms with Crippen LogP contribution in [0.3, 0.4) is 0 Å². The van der Waals surface area contributed by atoms with Crippen molar-refractivity contribution in [2.45, 2.75) is 45.4 Å². The fourth-order valence-corrected chi connectivity index (χ4v) is 2.80. The highest BCUT2D eigenvalue weighted by molar-refractivity contribution is 5.84. The number of alkyl carbamates (subject to hydrolysis) is 1. The molecule has 2 atom stereocenters. The summed E-state index contributed by atoms with van der Waals surface area (Å²) in [5.41, 5.74) is 1.59. The Labute approximate surface area is 176 Å². The molecule has 0 spiro atoms. The van der Waals surface area contributed by atoms with Gasteiger partial charge in [-0.15, -0.1) is 0 Å². The molecule has 160 valence electrons. The predicted molar refractivity (Wildman–Crippen MR) is 111 cm³/mol. The van der Waals surface area contributed by atoms with Gasteiger partial charge in [-0.2, -0.15) is 0 Å². The molecule has 0 aliphatic heterocycles. The molecule has 2 N–H and O–H groups in total. The van der Waals surface area contributed by atoms with Crippen LogP contribution in [0.15, 0.2) is 60.7 Å². The molecule has 0 heterocycles. The number of nitrogens with one attached hydrogen (secondary N) is 1. The first-order valence-electron chi connectivity index (χ1n) is 9.79. The highest BCUT2D eigenvalue weighted by Crippen LogP contribution is 2.12. The van der Waals surface area contributed by atoms with Gasteiger partial charge in [-0.05, 0) is 23.5 Å². The summed E-state index contributed by atoms with van der Waals surface area (Å²) >= 11 is 0. The van der Waals surface area contributed by atoms with Gasteiger partial charge in [0.2, 0.25) is 0 Å². The summed E-state index contributed by atoms with van der Waals surface area (Å²) in [6, 6.07) is 17.1. The Morgan fingerprint density at radius 2 is 1.50 bits per heavy atom. The third-order valence-corrected chi connectivity index (χ3v) is 4.29. The fourth-order valence-electron chi connectivity index (χ4n) is 2.80. The third-order valence-electron chi connectivity index (χ3n) is 4.29. The standard InChI is InChI=1S/C23H27NO6/c1-16(2)13-20(21(25)26)30-22(27)19(14-17-9-5-3-6-10-17)24-23(28)29-15-18-11-7-4-8-12-18/h3-12,16,19-20H,13-15H2,1-2H3,(H,24,28)(H,25,26)/t19-,20-/m0/s1. The van der Waals surface area contributed by atoms with Crippen molar-refractivity contribution in [2.75, 3.05) is 0 Å². The zero-order chi connectivity index (χ0) is 21.9. The summed E-state index contributed by atoms with van der Waals surface area (Å²) in [6.45, 7) is 3.72. The lowest BCUT2D eigenvalue weighted by Gasteiger charge is -2.21. The van der Waals surface area contributed by atoms with Crippen LogP contribution in [0.1, 0.15) is 31.4 Å². The van der Waals surface area contributed by atoms with Crippen LogP contribution in [0.5, 0.6) is 0 Å². The van der Waals surface area contributed by atoms with E-state index >= 15 is 0 Å². The predicted octanol–water partition coefficient (Wildman–Crippen LogP) is 3.57. The van der Waals surface area contributed by atoms with Gasteiger partial charge >= 0.3 is 18.0 Å². The minimum atomic E-state index is -1.28. The maximum Gasteiger partial charge on any atom is 0.408 e. The topological polar surface area (TPSA) is 102 Å². The number of carbonyl (C=O) groups is 3. The zero-order valence-corrected chi connectivity index (χ0v) is 17.1. The largest absolute Gasteiger partial charge is 0.479 e. The lowest BCUT2D eigenvalue weighted by atomic mass is 10.0. The second-order valence-corrected chi connectivity index (χ2v) is 7.34. The molecule has 7 heteroatoms. The van der Waals surface area contributed by atoms with E-state index in [0.717, 1.165) is 11.1 Å². The van der Waals surface area contributed by atoms with Crippen molar-refractivity contribution in [3.8, 4) is 0 Å². The molecule has 2 rings (SSSR count). The minimum absolute atomic E-state index is 0.0234. The van der Waals surface area contributed by atoms with Crippen LogP contribution in [-0.2, 0) is 32.1 Å². The Morgan fingerprint density at radius 3 is 2.03 bits per heavy atom. The number of aliphatic carboxylic acids is 1. The van der Waals surface area contributed by atoms with Gasteiger partial charge in [-0.25, -0.2) is 14.4 Å². The number of rotatable bonds is 10. The fraction of sp³-hybridized carbons (Fsp3) is 0.348. The van der Waals surface area contributed by atoms with Crippen LogP contribution in [0.4, 0.5) is 4.79 Å². The highest BCUT2D eigenvalue weighted by atomic mass is 16.6. The maximum atomic E-state index is 12.7. The Bertz CT molecular complexity index is 822. The molecule has 0 aromatic heterocycles. The van der Waals surface area contributed by atoms with Crippen molar-refractivity contribution in [1.29, 1.82) is 0 Å². The van der Waals surface area contributed by atoms with Gasteiger partial charge in [0.25, 0.3) is 0 Å². The molecular weight excluding hydrogens is 386 g/mol. The SMILES string of the molecule is CC(C)C[C@H](OC(=O)[C@H](Cc1ccccc1)NC(=O)OCc1ccccc1)C(=O)O. The van der Waals surface area contributed by atoms with Gasteiger partial charge in [-0.1, -0.05) is 74.5 Å². The number of hydrogen-bond acceptors (Lipinski definition) is 5. The van der Waals surface area contributed by atoms with E-state index in [2.05, 4.69) is 5.32 Å². The molecule has 30 heavy (non-hydrogen) atoms. The summed E-state index contributed by atoms with van der Waals surface area (Å²) in [6.07, 6.45) is -1.74. The van der Waals surface area contributed by atoms with Gasteiger partial charge in [0.1, 0.15) is 12.6 Å². The quantitative estimate of drug-likeness (QED) is 0.578. The van der Waals surface area contributed by atoms with Crippen LogP contribution >= 0.6 is 0 Å². The van der Waals surface area contributed by atoms with Gasteiger partial charge in [0, 0.05) is 6.42 Å². The lowest BCUT2D eigenvalue weighted by Crippen LogP contribution is -2.45. The van der Waals surface area contributed by atoms with Crippen molar-refractivity contribution in [3.63, 3.8) is 0 Å². The second kappa shape index (κ2) is 11.6. The van der Waals surface area contributed by atoms with E-state index in [1.165, 1.54) is 0 Å². The normalized spacial score (nSPS) is 12.6. The molecule has 2 aromatic rings. The summed E-state index contributed by atoms with van der Waals surface area (Å²) < 4.78 is 10.4. The van der Waals surface area contributed by atoms with Crippen molar-refractivity contribution in [2.24, 2.45) is 5.92 Å². The molecule has 0 aliphatic carbocycles. The first kappa shape index (κ1) is 22.9. The molecule has 0 fully saturated rings. The Morgan fingerprint density at radius 1 is 0.933 bits per heavy atom. The van der Waals surface area contributed by atoms with Crippen LogP contribution in [0.2, 0.25) is 0 Å². The number of carboxylic acid groups (broad SMARTS) is 1. The molecule has 1 amide bonds. The van der Waals surface area contributed by atoms with E-state index in [4.69, 9.17) is 9.47 Å². The first-order chi connectivity index (χ1) is 14.3. The van der Waals surface area contributed by atoms with Crippen LogP contribution < -0.4 is 5.32 Å². The number of carbonyl (C=O) groups excluding carboxylic acids is 2. The average Bonchev–Trinajstić information content (AvgIpc) is 2.72. The van der Waals surface area contributed by atoms with Crippen molar-refractivity contribution in [3.05, 3.63) is 71.8 Å². The van der Waals surface area contributed by atoms with Gasteiger partial charge in [0.05, 0.1) is 0 Å². The van der Waals surface area contributed by atoms with E-state index in [1.807, 2.05) is 62.4 Å². The van der Waals surface area contributed by atoms with E-state index in [0.29, 0.717) is 0 Å². The molecule has 0 saturated carbocycles. The number of benzene rings is 2. The van der Waals surface area contributed by atoms with Gasteiger partial charge < -0.3 is 19.9 Å². The van der Waals surface area contributed by atoms with Crippen LogP contribution in [-0.4, -0.2) is 35.3 Å². The molecular formula is C23H27NO6. The summed E-state index contributed by atoms with van der Waals surface area (Å²) in [5.74, 6) is -2.01. The van der Waals surface area contributed by atoms with E-state index in [1.54, 1.807) is 12.1 Å². The smallest absolute Gasteiger partial charge is 0.408 e.